The molecule has 0 saturated carbocycles. The summed E-state index contributed by atoms with van der Waals surface area (Å²) in [5.41, 5.74) is 0.171. The first-order chi connectivity index (χ1) is 9.74. The maximum atomic E-state index is 12.2. The van der Waals surface area contributed by atoms with Crippen LogP contribution in [0.1, 0.15) is 0 Å². The van der Waals surface area contributed by atoms with Gasteiger partial charge in [0.25, 0.3) is 0 Å². The van der Waals surface area contributed by atoms with E-state index in [0.717, 1.165) is 0 Å². The van der Waals surface area contributed by atoms with E-state index in [-0.39, 0.29) is 5.43 Å². The number of fused-ring (bicyclic) bond motifs is 1. The second-order valence-corrected chi connectivity index (χ2v) is 4.13. The molecule has 20 heavy (non-hydrogen) atoms. The largest absolute Gasteiger partial charge is 0.493 e. The number of hydrogen-bond acceptors (Lipinski definition) is 5. The Labute approximate surface area is 114 Å². The Morgan fingerprint density at radius 2 is 1.90 bits per heavy atom. The highest BCUT2D eigenvalue weighted by molar-refractivity contribution is 5.86. The summed E-state index contributed by atoms with van der Waals surface area (Å²) in [6.45, 7) is 0. The molecule has 1 aromatic carbocycles. The van der Waals surface area contributed by atoms with Crippen LogP contribution in [0.2, 0.25) is 0 Å². The molecular formula is C15H12O5. The number of rotatable bonds is 3. The molecule has 3 rings (SSSR count). The van der Waals surface area contributed by atoms with Crippen LogP contribution in [-0.2, 0) is 0 Å². The van der Waals surface area contributed by atoms with Gasteiger partial charge in [0.1, 0.15) is 0 Å². The van der Waals surface area contributed by atoms with Gasteiger partial charge in [0.2, 0.25) is 5.75 Å². The molecule has 0 spiro atoms. The molecule has 2 heterocycles. The summed E-state index contributed by atoms with van der Waals surface area (Å²) in [6, 6.07) is 8.16. The van der Waals surface area contributed by atoms with E-state index in [1.54, 1.807) is 24.3 Å². The zero-order chi connectivity index (χ0) is 14.1. The third-order valence-corrected chi connectivity index (χ3v) is 3.00. The van der Waals surface area contributed by atoms with Crippen LogP contribution < -0.4 is 14.9 Å². The lowest BCUT2D eigenvalue weighted by atomic mass is 10.2. The van der Waals surface area contributed by atoms with Gasteiger partial charge in [-0.15, -0.1) is 0 Å². The first-order valence-corrected chi connectivity index (χ1v) is 5.97. The van der Waals surface area contributed by atoms with Crippen molar-refractivity contribution in [1.82, 2.24) is 0 Å². The van der Waals surface area contributed by atoms with Gasteiger partial charge in [-0.2, -0.15) is 0 Å². The standard InChI is InChI=1S/C15H12O5/c1-17-12-6-5-9-10(16)8-13(11-4-3-7-19-11)20-14(9)15(12)18-2/h3-8H,1-2H3. The van der Waals surface area contributed by atoms with Crippen molar-refractivity contribution < 1.29 is 18.3 Å². The van der Waals surface area contributed by atoms with E-state index in [4.69, 9.17) is 18.3 Å². The molecule has 0 atom stereocenters. The highest BCUT2D eigenvalue weighted by Crippen LogP contribution is 2.35. The molecule has 0 amide bonds. The van der Waals surface area contributed by atoms with Crippen molar-refractivity contribution in [3.8, 4) is 23.0 Å². The van der Waals surface area contributed by atoms with Crippen LogP contribution in [0, 0.1) is 0 Å². The Morgan fingerprint density at radius 1 is 1.05 bits per heavy atom. The Hall–Kier alpha value is -2.69. The van der Waals surface area contributed by atoms with Crippen molar-refractivity contribution in [2.75, 3.05) is 14.2 Å². The first kappa shape index (κ1) is 12.3. The molecule has 5 heteroatoms. The normalized spacial score (nSPS) is 10.7. The topological polar surface area (TPSA) is 61.8 Å². The third-order valence-electron chi connectivity index (χ3n) is 3.00. The summed E-state index contributed by atoms with van der Waals surface area (Å²) in [5.74, 6) is 1.71. The average Bonchev–Trinajstić information content (AvgIpc) is 3.00. The Morgan fingerprint density at radius 3 is 2.55 bits per heavy atom. The average molecular weight is 272 g/mol. The fourth-order valence-electron chi connectivity index (χ4n) is 2.07. The molecule has 0 aliphatic rings. The fourth-order valence-corrected chi connectivity index (χ4v) is 2.07. The summed E-state index contributed by atoms with van der Waals surface area (Å²) in [7, 11) is 3.02. The van der Waals surface area contributed by atoms with Gasteiger partial charge in [-0.05, 0) is 24.3 Å². The van der Waals surface area contributed by atoms with Crippen LogP contribution in [0.4, 0.5) is 0 Å². The van der Waals surface area contributed by atoms with Gasteiger partial charge in [-0.1, -0.05) is 0 Å². The lowest BCUT2D eigenvalue weighted by Crippen LogP contribution is -2.02. The van der Waals surface area contributed by atoms with Gasteiger partial charge < -0.3 is 18.3 Å². The molecule has 0 unspecified atom stereocenters. The van der Waals surface area contributed by atoms with Crippen molar-refractivity contribution in [3.05, 3.63) is 46.8 Å². The predicted molar refractivity (Wildman–Crippen MR) is 73.3 cm³/mol. The molecule has 0 aliphatic carbocycles. The molecule has 3 aromatic rings. The molecule has 0 N–H and O–H groups in total. The molecule has 0 aliphatic heterocycles. The van der Waals surface area contributed by atoms with Gasteiger partial charge in [0.05, 0.1) is 25.9 Å². The molecule has 2 aromatic heterocycles. The monoisotopic (exact) mass is 272 g/mol. The van der Waals surface area contributed by atoms with Gasteiger partial charge in [0.15, 0.2) is 28.3 Å². The number of furan rings is 1. The van der Waals surface area contributed by atoms with Crippen LogP contribution >= 0.6 is 0 Å². The van der Waals surface area contributed by atoms with Crippen LogP contribution in [0.25, 0.3) is 22.5 Å². The Kier molecular flexibility index (Phi) is 2.95. The van der Waals surface area contributed by atoms with E-state index in [9.17, 15) is 4.79 Å². The molecule has 102 valence electrons. The van der Waals surface area contributed by atoms with Crippen LogP contribution in [-0.4, -0.2) is 14.2 Å². The molecule has 0 saturated heterocycles. The van der Waals surface area contributed by atoms with Crippen LogP contribution in [0.5, 0.6) is 11.5 Å². The lowest BCUT2D eigenvalue weighted by molar-refractivity contribution is 0.353. The van der Waals surface area contributed by atoms with E-state index in [0.29, 0.717) is 34.0 Å². The van der Waals surface area contributed by atoms with Gasteiger partial charge >= 0.3 is 0 Å². The van der Waals surface area contributed by atoms with Crippen molar-refractivity contribution in [1.29, 1.82) is 0 Å². The highest BCUT2D eigenvalue weighted by Gasteiger charge is 2.16. The van der Waals surface area contributed by atoms with Crippen molar-refractivity contribution in [2.24, 2.45) is 0 Å². The van der Waals surface area contributed by atoms with Crippen molar-refractivity contribution in [3.63, 3.8) is 0 Å². The molecule has 5 nitrogen and oxygen atoms in total. The minimum Gasteiger partial charge on any atom is -0.493 e. The zero-order valence-corrected chi connectivity index (χ0v) is 11.0. The van der Waals surface area contributed by atoms with E-state index >= 15 is 0 Å². The summed E-state index contributed by atoms with van der Waals surface area (Å²) in [4.78, 5) is 12.2. The van der Waals surface area contributed by atoms with Crippen molar-refractivity contribution >= 4 is 11.0 Å². The number of methoxy groups -OCH3 is 2. The van der Waals surface area contributed by atoms with Crippen LogP contribution in [0.15, 0.2) is 50.2 Å². The molecular weight excluding hydrogens is 260 g/mol. The fraction of sp³-hybridized carbons (Fsp3) is 0.133. The summed E-state index contributed by atoms with van der Waals surface area (Å²) >= 11 is 0. The second kappa shape index (κ2) is 4.77. The predicted octanol–water partition coefficient (Wildman–Crippen LogP) is 3.07. The molecule has 0 fully saturated rings. The third kappa shape index (κ3) is 1.84. The Bertz CT molecular complexity index is 799. The molecule has 0 bridgehead atoms. The van der Waals surface area contributed by atoms with Gasteiger partial charge in [0, 0.05) is 6.07 Å². The quantitative estimate of drug-likeness (QED) is 0.733. The lowest BCUT2D eigenvalue weighted by Gasteiger charge is -2.09. The zero-order valence-electron chi connectivity index (χ0n) is 11.0. The number of ether oxygens (including phenoxy) is 2. The maximum absolute atomic E-state index is 12.2. The summed E-state index contributed by atoms with van der Waals surface area (Å²) in [5, 5.41) is 0.429. The number of benzene rings is 1. The van der Waals surface area contributed by atoms with Crippen molar-refractivity contribution in [2.45, 2.75) is 0 Å². The highest BCUT2D eigenvalue weighted by atomic mass is 16.5. The van der Waals surface area contributed by atoms with E-state index in [1.807, 2.05) is 0 Å². The minimum absolute atomic E-state index is 0.168. The van der Waals surface area contributed by atoms with Gasteiger partial charge in [-0.25, -0.2) is 0 Å². The summed E-state index contributed by atoms with van der Waals surface area (Å²) in [6.07, 6.45) is 1.52. The second-order valence-electron chi connectivity index (χ2n) is 4.13. The summed E-state index contributed by atoms with van der Waals surface area (Å²) < 4.78 is 21.5. The van der Waals surface area contributed by atoms with Crippen LogP contribution in [0.3, 0.4) is 0 Å². The smallest absolute Gasteiger partial charge is 0.204 e. The van der Waals surface area contributed by atoms with E-state index < -0.39 is 0 Å². The molecule has 0 radical (unpaired) electrons. The first-order valence-electron chi connectivity index (χ1n) is 5.97. The SMILES string of the molecule is COc1ccc2c(=O)cc(-c3ccco3)oc2c1OC. The minimum atomic E-state index is -0.168. The number of hydrogen-bond donors (Lipinski definition) is 0. The van der Waals surface area contributed by atoms with E-state index in [2.05, 4.69) is 0 Å². The van der Waals surface area contributed by atoms with Gasteiger partial charge in [-0.3, -0.25) is 4.79 Å². The maximum Gasteiger partial charge on any atom is 0.204 e. The Balaban J connectivity index is 2.36. The van der Waals surface area contributed by atoms with E-state index in [1.165, 1.54) is 26.5 Å².